The highest BCUT2D eigenvalue weighted by atomic mass is 16.1. The lowest BCUT2D eigenvalue weighted by Gasteiger charge is -2.10. The number of aryl methyl sites for hydroxylation is 2. The zero-order valence-corrected chi connectivity index (χ0v) is 8.35. The van der Waals surface area contributed by atoms with Crippen LogP contribution in [0.25, 0.3) is 0 Å². The van der Waals surface area contributed by atoms with Crippen molar-refractivity contribution in [3.63, 3.8) is 0 Å². The van der Waals surface area contributed by atoms with E-state index >= 15 is 0 Å². The number of anilines is 1. The van der Waals surface area contributed by atoms with Gasteiger partial charge >= 0.3 is 0 Å². The molecule has 0 aromatic heterocycles. The largest absolute Gasteiger partial charge is 0.326 e. The molecule has 0 fully saturated rings. The molecule has 2 nitrogen and oxygen atoms in total. The molecule has 1 aromatic carbocycles. The number of nitrogens with one attached hydrogen (secondary N) is 1. The van der Waals surface area contributed by atoms with E-state index in [1.165, 1.54) is 0 Å². The lowest BCUT2D eigenvalue weighted by atomic mass is 10.1. The Bertz CT molecular complexity index is 303. The van der Waals surface area contributed by atoms with Crippen molar-refractivity contribution < 1.29 is 6.22 Å². The highest BCUT2D eigenvalue weighted by molar-refractivity contribution is 5.92. The van der Waals surface area contributed by atoms with Crippen molar-refractivity contribution in [1.29, 1.82) is 0 Å². The normalized spacial score (nSPS) is 9.77. The highest BCUT2D eigenvalue weighted by Crippen LogP contribution is 2.19. The average molecular weight is 179 g/mol. The van der Waals surface area contributed by atoms with E-state index in [2.05, 4.69) is 5.32 Å². The van der Waals surface area contributed by atoms with Crippen LogP contribution in [0.15, 0.2) is 18.2 Å². The van der Waals surface area contributed by atoms with Crippen LogP contribution >= 0.6 is 0 Å². The summed E-state index contributed by atoms with van der Waals surface area (Å²) < 4.78 is 0. The molecule has 0 radical (unpaired) electrons. The van der Waals surface area contributed by atoms with Crippen LogP contribution in [0.1, 0.15) is 25.9 Å². The van der Waals surface area contributed by atoms with Gasteiger partial charge in [0.25, 0.3) is 0 Å². The molecular formula is C11H17NO. The van der Waals surface area contributed by atoms with Crippen LogP contribution in [-0.4, -0.2) is 5.91 Å². The van der Waals surface area contributed by atoms with E-state index in [-0.39, 0.29) is 7.33 Å². The molecule has 0 aliphatic carbocycles. The summed E-state index contributed by atoms with van der Waals surface area (Å²) >= 11 is 0. The van der Waals surface area contributed by atoms with Gasteiger partial charge in [0.2, 0.25) is 5.91 Å². The molecule has 0 heterocycles. The van der Waals surface area contributed by atoms with Crippen LogP contribution in [0.2, 0.25) is 0 Å². The van der Waals surface area contributed by atoms with Crippen LogP contribution in [0.4, 0.5) is 5.69 Å². The van der Waals surface area contributed by atoms with Crippen molar-refractivity contribution in [2.75, 3.05) is 5.32 Å². The van der Waals surface area contributed by atoms with Gasteiger partial charge in [0.15, 0.2) is 0 Å². The lowest BCUT2D eigenvalue weighted by Crippen LogP contribution is -2.11. The number of para-hydroxylation sites is 1. The minimum Gasteiger partial charge on any atom is -0.326 e. The third-order valence-corrected chi connectivity index (χ3v) is 2.07. The quantitative estimate of drug-likeness (QED) is 0.743. The SMILES string of the molecule is CCC(=O)Nc1c(C)cccc1C.[HH]. The van der Waals surface area contributed by atoms with Gasteiger partial charge in [0, 0.05) is 13.5 Å². The van der Waals surface area contributed by atoms with Gasteiger partial charge in [-0.25, -0.2) is 0 Å². The topological polar surface area (TPSA) is 29.1 Å². The predicted octanol–water partition coefficient (Wildman–Crippen LogP) is 2.90. The fraction of sp³-hybridized carbons (Fsp3) is 0.364. The van der Waals surface area contributed by atoms with Crippen LogP contribution < -0.4 is 5.32 Å². The predicted molar refractivity (Wildman–Crippen MR) is 57.0 cm³/mol. The average Bonchev–Trinajstić information content (AvgIpc) is 2.11. The summed E-state index contributed by atoms with van der Waals surface area (Å²) in [5.41, 5.74) is 3.18. The van der Waals surface area contributed by atoms with Crippen molar-refractivity contribution in [1.82, 2.24) is 0 Å². The molecule has 13 heavy (non-hydrogen) atoms. The van der Waals surface area contributed by atoms with Gasteiger partial charge in [0.05, 0.1) is 0 Å². The Morgan fingerprint density at radius 3 is 2.38 bits per heavy atom. The van der Waals surface area contributed by atoms with Crippen molar-refractivity contribution in [3.05, 3.63) is 29.3 Å². The number of hydrogen-bond donors (Lipinski definition) is 1. The number of amides is 1. The van der Waals surface area contributed by atoms with Gasteiger partial charge in [-0.3, -0.25) is 4.79 Å². The second-order valence-corrected chi connectivity index (χ2v) is 3.17. The molecule has 0 saturated heterocycles. The smallest absolute Gasteiger partial charge is 0.224 e. The van der Waals surface area contributed by atoms with Crippen LogP contribution in [0.3, 0.4) is 0 Å². The summed E-state index contributed by atoms with van der Waals surface area (Å²) in [5.74, 6) is 0.0670. The van der Waals surface area contributed by atoms with E-state index in [4.69, 9.17) is 0 Å². The molecule has 1 aromatic rings. The Morgan fingerprint density at radius 2 is 1.92 bits per heavy atom. The summed E-state index contributed by atoms with van der Waals surface area (Å²) in [4.78, 5) is 11.2. The first-order valence-corrected chi connectivity index (χ1v) is 4.51. The molecule has 0 unspecified atom stereocenters. The van der Waals surface area contributed by atoms with E-state index < -0.39 is 0 Å². The van der Waals surface area contributed by atoms with E-state index in [0.29, 0.717) is 6.42 Å². The molecule has 72 valence electrons. The first-order chi connectivity index (χ1) is 6.15. The van der Waals surface area contributed by atoms with Crippen LogP contribution in [-0.2, 0) is 4.79 Å². The summed E-state index contributed by atoms with van der Waals surface area (Å²) in [7, 11) is 0. The van der Waals surface area contributed by atoms with Gasteiger partial charge in [-0.2, -0.15) is 0 Å². The molecule has 0 saturated carbocycles. The number of carbonyl (C=O) groups excluding carboxylic acids is 1. The van der Waals surface area contributed by atoms with Crippen LogP contribution in [0, 0.1) is 13.8 Å². The van der Waals surface area contributed by atoms with E-state index in [9.17, 15) is 4.79 Å². The molecule has 0 atom stereocenters. The Hall–Kier alpha value is -1.31. The molecule has 2 heteroatoms. The van der Waals surface area contributed by atoms with Crippen molar-refractivity contribution in [3.8, 4) is 0 Å². The maximum Gasteiger partial charge on any atom is 0.224 e. The molecule has 1 N–H and O–H groups in total. The van der Waals surface area contributed by atoms with E-state index in [0.717, 1.165) is 16.8 Å². The summed E-state index contributed by atoms with van der Waals surface area (Å²) in [6.45, 7) is 5.85. The van der Waals surface area contributed by atoms with Crippen molar-refractivity contribution in [2.45, 2.75) is 27.2 Å². The third kappa shape index (κ3) is 2.31. The van der Waals surface area contributed by atoms with E-state index in [1.807, 2.05) is 39.0 Å². The third-order valence-electron chi connectivity index (χ3n) is 2.07. The molecule has 0 aliphatic rings. The fourth-order valence-electron chi connectivity index (χ4n) is 1.24. The maximum absolute atomic E-state index is 11.2. The number of benzene rings is 1. The van der Waals surface area contributed by atoms with E-state index in [1.54, 1.807) is 0 Å². The molecule has 1 amide bonds. The summed E-state index contributed by atoms with van der Waals surface area (Å²) in [6.07, 6.45) is 0.522. The number of rotatable bonds is 2. The van der Waals surface area contributed by atoms with Crippen molar-refractivity contribution in [2.24, 2.45) is 0 Å². The standard InChI is InChI=1S/C11H15NO.H2/c1-4-10(13)12-11-8(2)6-5-7-9(11)3;/h5-7H,4H2,1-3H3,(H,12,13);1H. The highest BCUT2D eigenvalue weighted by Gasteiger charge is 2.04. The Balaban J connectivity index is 0.00000169. The lowest BCUT2D eigenvalue weighted by molar-refractivity contribution is -0.115. The van der Waals surface area contributed by atoms with Gasteiger partial charge in [-0.1, -0.05) is 25.1 Å². The van der Waals surface area contributed by atoms with Crippen molar-refractivity contribution >= 4 is 11.6 Å². The summed E-state index contributed by atoms with van der Waals surface area (Å²) in [5, 5.41) is 2.89. The zero-order valence-electron chi connectivity index (χ0n) is 8.35. The van der Waals surface area contributed by atoms with Crippen LogP contribution in [0.5, 0.6) is 0 Å². The molecule has 1 rings (SSSR count). The zero-order chi connectivity index (χ0) is 9.84. The molecular weight excluding hydrogens is 162 g/mol. The van der Waals surface area contributed by atoms with Gasteiger partial charge in [-0.15, -0.1) is 0 Å². The second kappa shape index (κ2) is 4.08. The first kappa shape index (κ1) is 9.78. The molecule has 0 bridgehead atoms. The minimum atomic E-state index is 0. The number of hydrogen-bond acceptors (Lipinski definition) is 1. The van der Waals surface area contributed by atoms with Gasteiger partial charge < -0.3 is 5.32 Å². The Kier molecular flexibility index (Phi) is 3.07. The maximum atomic E-state index is 11.2. The second-order valence-electron chi connectivity index (χ2n) is 3.17. The summed E-state index contributed by atoms with van der Waals surface area (Å²) in [6, 6.07) is 5.99. The van der Waals surface area contributed by atoms with Gasteiger partial charge in [0.1, 0.15) is 0 Å². The fourth-order valence-corrected chi connectivity index (χ4v) is 1.24. The monoisotopic (exact) mass is 179 g/mol. The minimum absolute atomic E-state index is 0. The first-order valence-electron chi connectivity index (χ1n) is 4.51. The Labute approximate surface area is 80.5 Å². The Morgan fingerprint density at radius 1 is 1.38 bits per heavy atom. The molecule has 0 aliphatic heterocycles. The number of carbonyl (C=O) groups is 1. The molecule has 0 spiro atoms. The van der Waals surface area contributed by atoms with Gasteiger partial charge in [-0.05, 0) is 25.0 Å².